The monoisotopic (exact) mass is 369 g/mol. The number of nitrogens with zero attached hydrogens (tertiary/aromatic N) is 2. The number of nitrogens with one attached hydrogen (secondary N) is 1. The second-order valence-corrected chi connectivity index (χ2v) is 6.66. The zero-order valence-corrected chi connectivity index (χ0v) is 17.0. The Kier molecular flexibility index (Phi) is 15.7. The first-order valence-electron chi connectivity index (χ1n) is 8.77. The average molecular weight is 370 g/mol. The fraction of sp³-hybridized carbons (Fsp3) is 0.941. The fourth-order valence-corrected chi connectivity index (χ4v) is 3.01. The van der Waals surface area contributed by atoms with Gasteiger partial charge < -0.3 is 15.1 Å². The van der Waals surface area contributed by atoms with Crippen molar-refractivity contribution in [2.24, 2.45) is 11.8 Å². The summed E-state index contributed by atoms with van der Waals surface area (Å²) in [4.78, 5) is 17.0. The van der Waals surface area contributed by atoms with Gasteiger partial charge in [0.25, 0.3) is 0 Å². The number of rotatable bonds is 10. The summed E-state index contributed by atoms with van der Waals surface area (Å²) >= 11 is 0. The Labute approximate surface area is 155 Å². The molecule has 1 aliphatic heterocycles. The molecule has 0 bridgehead atoms. The minimum absolute atomic E-state index is 0. The predicted molar refractivity (Wildman–Crippen MR) is 104 cm³/mol. The van der Waals surface area contributed by atoms with Crippen LogP contribution in [0.1, 0.15) is 47.0 Å². The van der Waals surface area contributed by atoms with Crippen LogP contribution < -0.4 is 5.32 Å². The summed E-state index contributed by atoms with van der Waals surface area (Å²) in [6.07, 6.45) is 3.00. The Morgan fingerprint density at radius 1 is 1.17 bits per heavy atom. The van der Waals surface area contributed by atoms with Gasteiger partial charge in [-0.15, -0.1) is 24.8 Å². The average Bonchev–Trinajstić information content (AvgIpc) is 2.97. The van der Waals surface area contributed by atoms with Gasteiger partial charge in [-0.1, -0.05) is 27.7 Å². The van der Waals surface area contributed by atoms with Gasteiger partial charge in [0, 0.05) is 26.1 Å². The first-order chi connectivity index (χ1) is 10.1. The summed E-state index contributed by atoms with van der Waals surface area (Å²) in [5.41, 5.74) is 0. The lowest BCUT2D eigenvalue weighted by atomic mass is 10.0. The van der Waals surface area contributed by atoms with Crippen LogP contribution in [0.15, 0.2) is 0 Å². The first kappa shape index (κ1) is 25.2. The van der Waals surface area contributed by atoms with Crippen molar-refractivity contribution in [3.05, 3.63) is 0 Å². The summed E-state index contributed by atoms with van der Waals surface area (Å²) < 4.78 is 0. The number of carbonyl (C=O) groups excluding carboxylic acids is 1. The number of amides is 1. The van der Waals surface area contributed by atoms with Gasteiger partial charge in [0.05, 0.1) is 0 Å². The van der Waals surface area contributed by atoms with Gasteiger partial charge >= 0.3 is 0 Å². The molecule has 0 radical (unpaired) electrons. The van der Waals surface area contributed by atoms with Crippen LogP contribution in [0.4, 0.5) is 0 Å². The van der Waals surface area contributed by atoms with Crippen molar-refractivity contribution in [2.45, 2.75) is 47.0 Å². The molecule has 0 aromatic rings. The number of hydrogen-bond donors (Lipinski definition) is 1. The minimum atomic E-state index is 0. The van der Waals surface area contributed by atoms with Crippen LogP contribution in [0.5, 0.6) is 0 Å². The van der Waals surface area contributed by atoms with Crippen LogP contribution in [0.3, 0.4) is 0 Å². The maximum absolute atomic E-state index is 12.5. The molecule has 1 amide bonds. The highest BCUT2D eigenvalue weighted by Gasteiger charge is 2.19. The minimum Gasteiger partial charge on any atom is -0.341 e. The lowest BCUT2D eigenvalue weighted by Crippen LogP contribution is -2.40. The van der Waals surface area contributed by atoms with E-state index in [0.29, 0.717) is 17.7 Å². The zero-order valence-electron chi connectivity index (χ0n) is 15.3. The SMILES string of the molecule is CCN(CC)CCN(CC(C)C)C(=O)CCC1CCNC1.Cl.Cl. The third-order valence-corrected chi connectivity index (χ3v) is 4.45. The number of likely N-dealkylation sites (N-methyl/N-ethyl adjacent to an activating group) is 1. The van der Waals surface area contributed by atoms with Crippen molar-refractivity contribution < 1.29 is 4.79 Å². The van der Waals surface area contributed by atoms with Crippen LogP contribution in [0, 0.1) is 11.8 Å². The van der Waals surface area contributed by atoms with Crippen molar-refractivity contribution in [1.82, 2.24) is 15.1 Å². The van der Waals surface area contributed by atoms with Gasteiger partial charge in [-0.2, -0.15) is 0 Å². The van der Waals surface area contributed by atoms with E-state index in [9.17, 15) is 4.79 Å². The van der Waals surface area contributed by atoms with Gasteiger partial charge in [0.2, 0.25) is 5.91 Å². The molecule has 0 aromatic heterocycles. The van der Waals surface area contributed by atoms with E-state index in [1.54, 1.807) is 0 Å². The molecule has 6 heteroatoms. The molecule has 0 saturated carbocycles. The van der Waals surface area contributed by atoms with Crippen molar-refractivity contribution in [3.8, 4) is 0 Å². The highest BCUT2D eigenvalue weighted by atomic mass is 35.5. The Bertz CT molecular complexity index is 294. The normalized spacial score (nSPS) is 17.0. The van der Waals surface area contributed by atoms with E-state index >= 15 is 0 Å². The molecule has 140 valence electrons. The second kappa shape index (κ2) is 14.3. The number of hydrogen-bond acceptors (Lipinski definition) is 3. The van der Waals surface area contributed by atoms with Crippen molar-refractivity contribution >= 4 is 30.7 Å². The van der Waals surface area contributed by atoms with E-state index < -0.39 is 0 Å². The molecule has 1 heterocycles. The molecule has 0 aromatic carbocycles. The van der Waals surface area contributed by atoms with Gasteiger partial charge in [-0.3, -0.25) is 4.79 Å². The molecule has 4 nitrogen and oxygen atoms in total. The summed E-state index contributed by atoms with van der Waals surface area (Å²) in [5.74, 6) is 1.60. The number of carbonyl (C=O) groups is 1. The quantitative estimate of drug-likeness (QED) is 0.642. The van der Waals surface area contributed by atoms with E-state index in [-0.39, 0.29) is 24.8 Å². The standard InChI is InChI=1S/C17H35N3O.2ClH/c1-5-19(6-2)11-12-20(14-15(3)4)17(21)8-7-16-9-10-18-13-16;;/h15-16,18H,5-14H2,1-4H3;2*1H. The summed E-state index contributed by atoms with van der Waals surface area (Å²) in [6.45, 7) is 15.9. The number of halogens is 2. The molecule has 1 rings (SSSR count). The summed E-state index contributed by atoms with van der Waals surface area (Å²) in [5, 5.41) is 3.38. The maximum Gasteiger partial charge on any atom is 0.222 e. The van der Waals surface area contributed by atoms with Crippen molar-refractivity contribution in [1.29, 1.82) is 0 Å². The zero-order chi connectivity index (χ0) is 15.7. The van der Waals surface area contributed by atoms with Crippen LogP contribution in [-0.4, -0.2) is 61.5 Å². The van der Waals surface area contributed by atoms with Crippen molar-refractivity contribution in [2.75, 3.05) is 45.8 Å². The summed E-state index contributed by atoms with van der Waals surface area (Å²) in [7, 11) is 0. The van der Waals surface area contributed by atoms with E-state index in [2.05, 4.69) is 42.8 Å². The molecule has 0 spiro atoms. The van der Waals surface area contributed by atoms with Crippen molar-refractivity contribution in [3.63, 3.8) is 0 Å². The smallest absolute Gasteiger partial charge is 0.222 e. The molecule has 1 unspecified atom stereocenters. The molecule has 1 aliphatic rings. The van der Waals surface area contributed by atoms with Gasteiger partial charge in [0.15, 0.2) is 0 Å². The van der Waals surface area contributed by atoms with E-state index in [4.69, 9.17) is 0 Å². The topological polar surface area (TPSA) is 35.6 Å². The molecule has 23 heavy (non-hydrogen) atoms. The Morgan fingerprint density at radius 2 is 1.83 bits per heavy atom. The molecule has 0 aliphatic carbocycles. The Balaban J connectivity index is 0. The third-order valence-electron chi connectivity index (χ3n) is 4.45. The van der Waals surface area contributed by atoms with E-state index in [1.165, 1.54) is 6.42 Å². The largest absolute Gasteiger partial charge is 0.341 e. The Hall–Kier alpha value is -0.0300. The highest BCUT2D eigenvalue weighted by molar-refractivity contribution is 5.85. The first-order valence-corrected chi connectivity index (χ1v) is 8.77. The lowest BCUT2D eigenvalue weighted by molar-refractivity contribution is -0.132. The molecule has 1 saturated heterocycles. The molecule has 1 atom stereocenters. The second-order valence-electron chi connectivity index (χ2n) is 6.66. The predicted octanol–water partition coefficient (Wildman–Crippen LogP) is 3.05. The van der Waals surface area contributed by atoms with Crippen LogP contribution in [0.25, 0.3) is 0 Å². The van der Waals surface area contributed by atoms with E-state index in [0.717, 1.165) is 58.7 Å². The summed E-state index contributed by atoms with van der Waals surface area (Å²) in [6, 6.07) is 0. The maximum atomic E-state index is 12.5. The van der Waals surface area contributed by atoms with Crippen LogP contribution in [-0.2, 0) is 4.79 Å². The lowest BCUT2D eigenvalue weighted by Gasteiger charge is -2.28. The van der Waals surface area contributed by atoms with Crippen LogP contribution >= 0.6 is 24.8 Å². The van der Waals surface area contributed by atoms with E-state index in [1.807, 2.05) is 0 Å². The van der Waals surface area contributed by atoms with Gasteiger partial charge in [0.1, 0.15) is 0 Å². The highest BCUT2D eigenvalue weighted by Crippen LogP contribution is 2.15. The molecular formula is C17H37Cl2N3O. The Morgan fingerprint density at radius 3 is 2.30 bits per heavy atom. The molecule has 1 fully saturated rings. The van der Waals surface area contributed by atoms with Gasteiger partial charge in [-0.05, 0) is 50.9 Å². The fourth-order valence-electron chi connectivity index (χ4n) is 3.01. The third kappa shape index (κ3) is 10.4. The van der Waals surface area contributed by atoms with Gasteiger partial charge in [-0.25, -0.2) is 0 Å². The molecular weight excluding hydrogens is 333 g/mol. The van der Waals surface area contributed by atoms with Crippen LogP contribution in [0.2, 0.25) is 0 Å². The molecule has 1 N–H and O–H groups in total.